The fraction of sp³-hybridized carbons (Fsp3) is 0.750. The molecule has 0 aromatic rings. The molecule has 0 heterocycles. The van der Waals surface area contributed by atoms with Crippen molar-refractivity contribution in [3.8, 4) is 6.26 Å². The normalized spacial score (nSPS) is 10.3. The van der Waals surface area contributed by atoms with Gasteiger partial charge < -0.3 is 18.0 Å². The van der Waals surface area contributed by atoms with E-state index >= 15 is 0 Å². The van der Waals surface area contributed by atoms with Gasteiger partial charge in [0, 0.05) is 20.3 Å². The van der Waals surface area contributed by atoms with Crippen LogP contribution < -0.4 is 0 Å². The van der Waals surface area contributed by atoms with E-state index in [0.29, 0.717) is 19.0 Å². The van der Waals surface area contributed by atoms with Crippen molar-refractivity contribution in [3.05, 3.63) is 0 Å². The van der Waals surface area contributed by atoms with E-state index in [1.807, 2.05) is 0 Å². The molecule has 0 fully saturated rings. The number of isocyanates is 1. The van der Waals surface area contributed by atoms with Gasteiger partial charge in [-0.25, -0.2) is 9.79 Å². The molecule has 16 heavy (non-hydrogen) atoms. The predicted octanol–water partition coefficient (Wildman–Crippen LogP) is 0.416. The molecular formula is C8H14N2O5Si. The Morgan fingerprint density at radius 3 is 2.56 bits per heavy atom. The lowest BCUT2D eigenvalue weighted by Gasteiger charge is -2.25. The van der Waals surface area contributed by atoms with E-state index in [1.165, 1.54) is 26.6 Å². The second-order valence-corrected chi connectivity index (χ2v) is 5.64. The summed E-state index contributed by atoms with van der Waals surface area (Å²) in [6, 6.07) is 0.486. The molecule has 0 N–H and O–H groups in total. The van der Waals surface area contributed by atoms with Gasteiger partial charge in [0.25, 0.3) is 6.26 Å². The highest BCUT2D eigenvalue weighted by atomic mass is 28.4. The van der Waals surface area contributed by atoms with Gasteiger partial charge in [0.1, 0.15) is 0 Å². The number of nitriles is 1. The first kappa shape index (κ1) is 14.8. The number of rotatable bonds is 9. The van der Waals surface area contributed by atoms with E-state index in [0.717, 1.165) is 0 Å². The molecule has 0 saturated carbocycles. The van der Waals surface area contributed by atoms with Crippen LogP contribution in [0.1, 0.15) is 6.42 Å². The van der Waals surface area contributed by atoms with E-state index in [2.05, 4.69) is 9.73 Å². The Hall–Kier alpha value is -1.23. The minimum Gasteiger partial charge on any atom is -0.399 e. The first-order valence-electron chi connectivity index (χ1n) is 4.53. The van der Waals surface area contributed by atoms with Crippen molar-refractivity contribution in [1.29, 1.82) is 5.26 Å². The summed E-state index contributed by atoms with van der Waals surface area (Å²) in [4.78, 5) is 13.3. The number of carbonyl (C=O) groups excluding carboxylic acids is 1. The fourth-order valence-electron chi connectivity index (χ4n) is 1.04. The summed E-state index contributed by atoms with van der Waals surface area (Å²) < 4.78 is 20.0. The maximum absolute atomic E-state index is 9.85. The fourth-order valence-corrected chi connectivity index (χ4v) is 2.83. The van der Waals surface area contributed by atoms with E-state index in [4.69, 9.17) is 18.5 Å². The molecule has 90 valence electrons. The van der Waals surface area contributed by atoms with Gasteiger partial charge in [-0.3, -0.25) is 0 Å². The Morgan fingerprint density at radius 2 is 2.06 bits per heavy atom. The molecule has 0 aromatic carbocycles. The topological polar surface area (TPSA) is 90.1 Å². The lowest BCUT2D eigenvalue weighted by molar-refractivity contribution is 0.0124. The summed E-state index contributed by atoms with van der Waals surface area (Å²) in [5, 5.41) is 8.18. The Bertz CT molecular complexity index is 270. The molecular weight excluding hydrogens is 232 g/mol. The highest BCUT2D eigenvalue weighted by molar-refractivity contribution is 6.60. The highest BCUT2D eigenvalue weighted by Crippen LogP contribution is 2.15. The summed E-state index contributed by atoms with van der Waals surface area (Å²) in [6.07, 6.45) is 3.50. The highest BCUT2D eigenvalue weighted by Gasteiger charge is 2.38. The number of aliphatic imine (C=N–C) groups is 1. The van der Waals surface area contributed by atoms with Crippen LogP contribution in [0.2, 0.25) is 6.04 Å². The predicted molar refractivity (Wildman–Crippen MR) is 54.8 cm³/mol. The lowest BCUT2D eigenvalue weighted by atomic mass is 10.5. The molecule has 0 aliphatic heterocycles. The number of nitrogens with zero attached hydrogens (tertiary/aromatic N) is 2. The Balaban J connectivity index is 4.10. The molecule has 0 atom stereocenters. The van der Waals surface area contributed by atoms with Crippen LogP contribution in [0.25, 0.3) is 0 Å². The molecule has 0 spiro atoms. The third-order valence-electron chi connectivity index (χ3n) is 1.84. The van der Waals surface area contributed by atoms with Crippen LogP contribution in [-0.4, -0.2) is 42.4 Å². The van der Waals surface area contributed by atoms with Crippen LogP contribution in [0.3, 0.4) is 0 Å². The van der Waals surface area contributed by atoms with Crippen molar-refractivity contribution in [2.24, 2.45) is 4.99 Å². The molecule has 7 nitrogen and oxygen atoms in total. The van der Waals surface area contributed by atoms with Crippen molar-refractivity contribution >= 4 is 14.9 Å². The minimum atomic E-state index is -2.80. The minimum absolute atomic E-state index is 0.207. The molecule has 8 heteroatoms. The molecule has 0 saturated heterocycles. The van der Waals surface area contributed by atoms with Crippen LogP contribution in [0.4, 0.5) is 0 Å². The zero-order valence-electron chi connectivity index (χ0n) is 9.26. The van der Waals surface area contributed by atoms with Crippen molar-refractivity contribution in [2.45, 2.75) is 12.5 Å². The van der Waals surface area contributed by atoms with Crippen LogP contribution in [-0.2, 0) is 22.8 Å². The van der Waals surface area contributed by atoms with Gasteiger partial charge in [0.05, 0.1) is 6.54 Å². The smallest absolute Gasteiger partial charge is 0.399 e. The van der Waals surface area contributed by atoms with Crippen LogP contribution >= 0.6 is 0 Å². The SMILES string of the molecule is CO[Si](CCCN=C=O)(OC)OCOC#N. The van der Waals surface area contributed by atoms with Crippen LogP contribution in [0, 0.1) is 11.5 Å². The van der Waals surface area contributed by atoms with Gasteiger partial charge in [-0.2, -0.15) is 5.26 Å². The average Bonchev–Trinajstić information content (AvgIpc) is 2.33. The number of ether oxygens (including phenoxy) is 1. The van der Waals surface area contributed by atoms with E-state index < -0.39 is 8.80 Å². The molecule has 0 aromatic heterocycles. The van der Waals surface area contributed by atoms with Crippen molar-refractivity contribution in [2.75, 3.05) is 27.6 Å². The Labute approximate surface area is 94.9 Å². The van der Waals surface area contributed by atoms with Gasteiger partial charge in [0.2, 0.25) is 6.08 Å². The molecule has 0 bridgehead atoms. The standard InChI is InChI=1S/C8H14N2O5Si/c1-12-16(13-2,15-8-14-6-9)5-3-4-10-7-11/h3-5,8H2,1-2H3. The zero-order chi connectivity index (χ0) is 12.3. The van der Waals surface area contributed by atoms with E-state index in [1.54, 1.807) is 0 Å². The quantitative estimate of drug-likeness (QED) is 0.146. The largest absolute Gasteiger partial charge is 0.503 e. The van der Waals surface area contributed by atoms with Crippen molar-refractivity contribution in [1.82, 2.24) is 0 Å². The summed E-state index contributed by atoms with van der Waals surface area (Å²) in [7, 11) is 0.130. The molecule has 0 unspecified atom stereocenters. The maximum Gasteiger partial charge on any atom is 0.503 e. The maximum atomic E-state index is 9.85. The van der Waals surface area contributed by atoms with Crippen LogP contribution in [0.5, 0.6) is 0 Å². The summed E-state index contributed by atoms with van der Waals surface area (Å²) >= 11 is 0. The third-order valence-corrected chi connectivity index (χ3v) is 4.61. The Morgan fingerprint density at radius 1 is 1.38 bits per heavy atom. The Kier molecular flexibility index (Phi) is 8.33. The molecule has 0 rings (SSSR count). The van der Waals surface area contributed by atoms with Gasteiger partial charge in [0.15, 0.2) is 6.79 Å². The molecule has 0 aliphatic rings. The molecule has 0 radical (unpaired) electrons. The van der Waals surface area contributed by atoms with E-state index in [9.17, 15) is 4.79 Å². The van der Waals surface area contributed by atoms with Crippen molar-refractivity contribution in [3.63, 3.8) is 0 Å². The second kappa shape index (κ2) is 9.03. The lowest BCUT2D eigenvalue weighted by Crippen LogP contribution is -2.44. The first-order valence-corrected chi connectivity index (χ1v) is 6.46. The van der Waals surface area contributed by atoms with E-state index in [-0.39, 0.29) is 6.79 Å². The van der Waals surface area contributed by atoms with Gasteiger partial charge in [-0.15, -0.1) is 0 Å². The summed E-state index contributed by atoms with van der Waals surface area (Å²) in [6.45, 7) is 0.134. The average molecular weight is 246 g/mol. The number of hydrogen-bond acceptors (Lipinski definition) is 7. The molecule has 0 amide bonds. The van der Waals surface area contributed by atoms with Gasteiger partial charge in [-0.05, 0) is 6.42 Å². The zero-order valence-corrected chi connectivity index (χ0v) is 10.3. The monoisotopic (exact) mass is 246 g/mol. The number of hydrogen-bond donors (Lipinski definition) is 0. The molecule has 0 aliphatic carbocycles. The summed E-state index contributed by atoms with van der Waals surface area (Å²) in [5.74, 6) is 0. The van der Waals surface area contributed by atoms with Crippen LogP contribution in [0.15, 0.2) is 4.99 Å². The van der Waals surface area contributed by atoms with Gasteiger partial charge >= 0.3 is 8.80 Å². The van der Waals surface area contributed by atoms with Crippen molar-refractivity contribution < 1.29 is 22.8 Å². The second-order valence-electron chi connectivity index (χ2n) is 2.67. The summed E-state index contributed by atoms with van der Waals surface area (Å²) in [5.41, 5.74) is 0. The first-order chi connectivity index (χ1) is 7.74. The van der Waals surface area contributed by atoms with Gasteiger partial charge in [-0.1, -0.05) is 0 Å². The third kappa shape index (κ3) is 5.60.